The number of rotatable bonds is 7. The van der Waals surface area contributed by atoms with Gasteiger partial charge in [0.1, 0.15) is 12.4 Å². The van der Waals surface area contributed by atoms with E-state index in [2.05, 4.69) is 22.6 Å². The Balaban J connectivity index is 1.91. The molecule has 0 bridgehead atoms. The van der Waals surface area contributed by atoms with E-state index in [0.717, 1.165) is 9.13 Å². The van der Waals surface area contributed by atoms with Gasteiger partial charge in [-0.05, 0) is 52.8 Å². The molecule has 116 valence electrons. The second-order valence-electron chi connectivity index (χ2n) is 4.90. The molecular weight excluding hydrogens is 395 g/mol. The van der Waals surface area contributed by atoms with Crippen molar-refractivity contribution >= 4 is 28.6 Å². The third-order valence-corrected chi connectivity index (χ3v) is 4.30. The maximum atomic E-state index is 10.5. The van der Waals surface area contributed by atoms with Gasteiger partial charge in [-0.1, -0.05) is 30.3 Å². The van der Waals surface area contributed by atoms with Gasteiger partial charge in [-0.3, -0.25) is 4.79 Å². The highest BCUT2D eigenvalue weighted by atomic mass is 127. The molecule has 0 amide bonds. The van der Waals surface area contributed by atoms with Crippen molar-refractivity contribution in [2.24, 2.45) is 0 Å². The summed E-state index contributed by atoms with van der Waals surface area (Å²) in [5, 5.41) is 18.5. The zero-order valence-electron chi connectivity index (χ0n) is 11.9. The van der Waals surface area contributed by atoms with Crippen LogP contribution in [-0.4, -0.2) is 16.2 Å². The molecule has 0 fully saturated rings. The number of carbonyl (C=O) groups is 1. The number of halogens is 1. The molecule has 2 N–H and O–H groups in total. The van der Waals surface area contributed by atoms with Gasteiger partial charge in [0, 0.05) is 15.6 Å². The maximum Gasteiger partial charge on any atom is 0.303 e. The van der Waals surface area contributed by atoms with Crippen LogP contribution >= 0.6 is 22.6 Å². The molecule has 0 spiro atoms. The second-order valence-corrected chi connectivity index (χ2v) is 6.06. The number of benzene rings is 2. The van der Waals surface area contributed by atoms with Gasteiger partial charge < -0.3 is 14.9 Å². The van der Waals surface area contributed by atoms with Crippen LogP contribution in [-0.2, 0) is 11.4 Å². The summed E-state index contributed by atoms with van der Waals surface area (Å²) >= 11 is 2.27. The molecule has 2 aromatic rings. The smallest absolute Gasteiger partial charge is 0.303 e. The van der Waals surface area contributed by atoms with Gasteiger partial charge in [-0.25, -0.2) is 0 Å². The Kier molecular flexibility index (Phi) is 6.21. The molecule has 0 aromatic heterocycles. The molecule has 0 aliphatic carbocycles. The highest BCUT2D eigenvalue weighted by Crippen LogP contribution is 2.22. The first-order chi connectivity index (χ1) is 10.6. The Hall–Kier alpha value is -1.60. The summed E-state index contributed by atoms with van der Waals surface area (Å²) in [5.41, 5.74) is 1.82. The van der Waals surface area contributed by atoms with Gasteiger partial charge in [0.15, 0.2) is 0 Å². The summed E-state index contributed by atoms with van der Waals surface area (Å²) in [6, 6.07) is 15.1. The van der Waals surface area contributed by atoms with E-state index in [1.54, 1.807) is 24.3 Å². The van der Waals surface area contributed by atoms with E-state index in [4.69, 9.17) is 9.84 Å². The molecular formula is C17H17IO4. The van der Waals surface area contributed by atoms with Crippen molar-refractivity contribution < 1.29 is 19.7 Å². The number of hydrogen-bond acceptors (Lipinski definition) is 3. The first-order valence-corrected chi connectivity index (χ1v) is 8.00. The third-order valence-electron chi connectivity index (χ3n) is 3.25. The molecule has 4 nitrogen and oxygen atoms in total. The molecule has 0 aliphatic heterocycles. The van der Waals surface area contributed by atoms with E-state index >= 15 is 0 Å². The fraction of sp³-hybridized carbons (Fsp3) is 0.235. The Morgan fingerprint density at radius 3 is 2.45 bits per heavy atom. The fourth-order valence-electron chi connectivity index (χ4n) is 1.99. The van der Waals surface area contributed by atoms with Gasteiger partial charge in [-0.15, -0.1) is 0 Å². The Labute approximate surface area is 142 Å². The van der Waals surface area contributed by atoms with E-state index in [-0.39, 0.29) is 12.8 Å². The van der Waals surface area contributed by atoms with Crippen molar-refractivity contribution in [3.63, 3.8) is 0 Å². The first-order valence-electron chi connectivity index (χ1n) is 6.92. The van der Waals surface area contributed by atoms with E-state index in [1.807, 2.05) is 24.3 Å². The summed E-state index contributed by atoms with van der Waals surface area (Å²) in [5.74, 6) is -0.190. The SMILES string of the molecule is O=C(O)CC[C@@H](O)c1ccc(OCc2ccccc2I)cc1. The lowest BCUT2D eigenvalue weighted by atomic mass is 10.1. The largest absolute Gasteiger partial charge is 0.489 e. The quantitative estimate of drug-likeness (QED) is 0.680. The summed E-state index contributed by atoms with van der Waals surface area (Å²) in [4.78, 5) is 10.5. The van der Waals surface area contributed by atoms with Crippen LogP contribution in [0.3, 0.4) is 0 Å². The zero-order valence-corrected chi connectivity index (χ0v) is 14.1. The molecule has 0 aliphatic rings. The van der Waals surface area contributed by atoms with Crippen LogP contribution in [0.1, 0.15) is 30.1 Å². The third kappa shape index (κ3) is 4.99. The molecule has 0 unspecified atom stereocenters. The Bertz CT molecular complexity index is 625. The summed E-state index contributed by atoms with van der Waals surface area (Å²) < 4.78 is 6.88. The molecule has 2 aromatic carbocycles. The van der Waals surface area contributed by atoms with Crippen LogP contribution in [0.15, 0.2) is 48.5 Å². The predicted molar refractivity (Wildman–Crippen MR) is 91.8 cm³/mol. The number of aliphatic hydroxyl groups excluding tert-OH is 1. The predicted octanol–water partition coefficient (Wildman–Crippen LogP) is 3.77. The first kappa shape index (κ1) is 16.8. The minimum Gasteiger partial charge on any atom is -0.489 e. The van der Waals surface area contributed by atoms with Crippen LogP contribution in [0, 0.1) is 3.57 Å². The molecule has 2 rings (SSSR count). The summed E-state index contributed by atoms with van der Waals surface area (Å²) in [7, 11) is 0. The monoisotopic (exact) mass is 412 g/mol. The second kappa shape index (κ2) is 8.14. The fourth-order valence-corrected chi connectivity index (χ4v) is 2.53. The average molecular weight is 412 g/mol. The van der Waals surface area contributed by atoms with Gasteiger partial charge in [-0.2, -0.15) is 0 Å². The Morgan fingerprint density at radius 1 is 1.14 bits per heavy atom. The molecule has 0 saturated carbocycles. The molecule has 0 radical (unpaired) electrons. The number of aliphatic hydroxyl groups is 1. The molecule has 1 atom stereocenters. The van der Waals surface area contributed by atoms with Crippen LogP contribution in [0.5, 0.6) is 5.75 Å². The minimum absolute atomic E-state index is 0.0497. The normalized spacial score (nSPS) is 11.9. The maximum absolute atomic E-state index is 10.5. The number of hydrogen-bond donors (Lipinski definition) is 2. The molecule has 0 saturated heterocycles. The van der Waals surface area contributed by atoms with Crippen LogP contribution in [0.25, 0.3) is 0 Å². The zero-order chi connectivity index (χ0) is 15.9. The summed E-state index contributed by atoms with van der Waals surface area (Å²) in [6.07, 6.45) is -0.607. The Morgan fingerprint density at radius 2 is 1.82 bits per heavy atom. The van der Waals surface area contributed by atoms with Gasteiger partial charge in [0.25, 0.3) is 0 Å². The van der Waals surface area contributed by atoms with E-state index in [9.17, 15) is 9.90 Å². The van der Waals surface area contributed by atoms with Crippen molar-refractivity contribution in [3.05, 3.63) is 63.2 Å². The van der Waals surface area contributed by atoms with Gasteiger partial charge in [0.05, 0.1) is 6.10 Å². The highest BCUT2D eigenvalue weighted by molar-refractivity contribution is 14.1. The van der Waals surface area contributed by atoms with E-state index in [1.165, 1.54) is 0 Å². The highest BCUT2D eigenvalue weighted by Gasteiger charge is 2.10. The van der Waals surface area contributed by atoms with Crippen molar-refractivity contribution in [1.29, 1.82) is 0 Å². The van der Waals surface area contributed by atoms with Crippen LogP contribution < -0.4 is 4.74 Å². The van der Waals surface area contributed by atoms with Gasteiger partial charge >= 0.3 is 5.97 Å². The van der Waals surface area contributed by atoms with E-state index < -0.39 is 12.1 Å². The number of ether oxygens (including phenoxy) is 1. The lowest BCUT2D eigenvalue weighted by Crippen LogP contribution is -2.02. The van der Waals surface area contributed by atoms with Gasteiger partial charge in [0.2, 0.25) is 0 Å². The summed E-state index contributed by atoms with van der Waals surface area (Å²) in [6.45, 7) is 0.486. The number of aliphatic carboxylic acids is 1. The number of carboxylic acid groups (broad SMARTS) is 1. The van der Waals surface area contributed by atoms with Crippen molar-refractivity contribution in [2.45, 2.75) is 25.6 Å². The topological polar surface area (TPSA) is 66.8 Å². The molecule has 0 heterocycles. The number of carboxylic acids is 1. The average Bonchev–Trinajstić information content (AvgIpc) is 2.52. The van der Waals surface area contributed by atoms with E-state index in [0.29, 0.717) is 17.9 Å². The molecule has 22 heavy (non-hydrogen) atoms. The van der Waals surface area contributed by atoms with Crippen LogP contribution in [0.2, 0.25) is 0 Å². The van der Waals surface area contributed by atoms with Crippen molar-refractivity contribution in [3.8, 4) is 5.75 Å². The minimum atomic E-state index is -0.906. The molecule has 5 heteroatoms. The van der Waals surface area contributed by atoms with Crippen molar-refractivity contribution in [1.82, 2.24) is 0 Å². The standard InChI is InChI=1S/C17H17IO4/c18-15-4-2-1-3-13(15)11-22-14-7-5-12(6-8-14)16(19)9-10-17(20)21/h1-8,16,19H,9-11H2,(H,20,21)/t16-/m1/s1. The van der Waals surface area contributed by atoms with Crippen molar-refractivity contribution in [2.75, 3.05) is 0 Å². The lowest BCUT2D eigenvalue weighted by molar-refractivity contribution is -0.137. The lowest BCUT2D eigenvalue weighted by Gasteiger charge is -2.11. The van der Waals surface area contributed by atoms with Crippen LogP contribution in [0.4, 0.5) is 0 Å².